The molecule has 3 rings (SSSR count). The number of hydrogen-bond donors (Lipinski definition) is 2. The van der Waals surface area contributed by atoms with E-state index in [4.69, 9.17) is 9.47 Å². The molecule has 0 spiro atoms. The summed E-state index contributed by atoms with van der Waals surface area (Å²) in [6.07, 6.45) is 2.46. The van der Waals surface area contributed by atoms with Crippen molar-refractivity contribution >= 4 is 29.9 Å². The summed E-state index contributed by atoms with van der Waals surface area (Å²) in [4.78, 5) is 9.39. The van der Waals surface area contributed by atoms with Gasteiger partial charge in [0.15, 0.2) is 5.96 Å². The monoisotopic (exact) mass is 545 g/mol. The number of rotatable bonds is 9. The van der Waals surface area contributed by atoms with E-state index < -0.39 is 0 Å². The first-order valence-corrected chi connectivity index (χ1v) is 11.3. The maximum atomic E-state index is 5.47. The quantitative estimate of drug-likeness (QED) is 0.282. The lowest BCUT2D eigenvalue weighted by Crippen LogP contribution is -2.43. The number of nitrogens with one attached hydrogen (secondary N) is 2. The van der Waals surface area contributed by atoms with E-state index in [2.05, 4.69) is 49.7 Å². The molecule has 2 heterocycles. The molecular weight excluding hydrogens is 505 g/mol. The zero-order chi connectivity index (χ0) is 21.0. The van der Waals surface area contributed by atoms with Crippen molar-refractivity contribution in [2.24, 2.45) is 10.9 Å². The average Bonchev–Trinajstić information content (AvgIpc) is 2.80. The Morgan fingerprint density at radius 2 is 1.77 bits per heavy atom. The highest BCUT2D eigenvalue weighted by atomic mass is 127. The summed E-state index contributed by atoms with van der Waals surface area (Å²) in [7, 11) is 3.62. The number of morpholine rings is 1. The van der Waals surface area contributed by atoms with Crippen molar-refractivity contribution in [3.63, 3.8) is 0 Å². The van der Waals surface area contributed by atoms with E-state index in [1.54, 1.807) is 7.11 Å². The molecule has 2 aliphatic heterocycles. The lowest BCUT2D eigenvalue weighted by Gasteiger charge is -2.32. The number of ether oxygens (including phenoxy) is 2. The van der Waals surface area contributed by atoms with E-state index in [-0.39, 0.29) is 24.0 Å². The summed E-state index contributed by atoms with van der Waals surface area (Å²) < 4.78 is 10.7. The summed E-state index contributed by atoms with van der Waals surface area (Å²) in [5.41, 5.74) is 2.71. The molecule has 8 heteroatoms. The number of methoxy groups -OCH3 is 1. The van der Waals surface area contributed by atoms with Gasteiger partial charge in [-0.15, -0.1) is 24.0 Å². The number of benzene rings is 1. The molecule has 2 N–H and O–H groups in total. The van der Waals surface area contributed by atoms with E-state index >= 15 is 0 Å². The highest BCUT2D eigenvalue weighted by molar-refractivity contribution is 14.0. The molecule has 31 heavy (non-hydrogen) atoms. The highest BCUT2D eigenvalue weighted by Gasteiger charge is 2.19. The normalized spacial score (nSPS) is 19.1. The molecule has 2 aliphatic rings. The van der Waals surface area contributed by atoms with Gasteiger partial charge in [-0.25, -0.2) is 0 Å². The van der Waals surface area contributed by atoms with Gasteiger partial charge in [-0.3, -0.25) is 9.89 Å². The number of hydrogen-bond acceptors (Lipinski definition) is 5. The summed E-state index contributed by atoms with van der Waals surface area (Å²) in [6, 6.07) is 8.70. The standard InChI is InChI=1S/C23H39N5O2.HI/c1-24-23(25-17-20-7-9-27(10-8-20)11-14-29-2)26-18-21-5-3-4-6-22(21)19-28-12-15-30-16-13-28;/h3-6,20H,7-19H2,1-2H3,(H2,24,25,26);1H. The number of guanidine groups is 1. The number of aliphatic imine (C=N–C) groups is 1. The highest BCUT2D eigenvalue weighted by Crippen LogP contribution is 2.16. The first-order valence-electron chi connectivity index (χ1n) is 11.3. The topological polar surface area (TPSA) is 61.4 Å². The number of likely N-dealkylation sites (tertiary alicyclic amines) is 1. The zero-order valence-corrected chi connectivity index (χ0v) is 21.5. The fourth-order valence-corrected chi connectivity index (χ4v) is 4.16. The van der Waals surface area contributed by atoms with Crippen molar-refractivity contribution in [3.05, 3.63) is 35.4 Å². The molecule has 0 unspecified atom stereocenters. The molecule has 0 atom stereocenters. The molecule has 0 aliphatic carbocycles. The van der Waals surface area contributed by atoms with Gasteiger partial charge in [-0.05, 0) is 43.0 Å². The number of piperidine rings is 1. The van der Waals surface area contributed by atoms with Gasteiger partial charge in [0.2, 0.25) is 0 Å². The van der Waals surface area contributed by atoms with E-state index in [1.807, 2.05) is 7.05 Å². The van der Waals surface area contributed by atoms with Gasteiger partial charge in [0.05, 0.1) is 19.8 Å². The van der Waals surface area contributed by atoms with Crippen molar-refractivity contribution < 1.29 is 9.47 Å². The van der Waals surface area contributed by atoms with Crippen LogP contribution in [0.4, 0.5) is 0 Å². The molecule has 0 saturated carbocycles. The van der Waals surface area contributed by atoms with Crippen LogP contribution in [0.25, 0.3) is 0 Å². The van der Waals surface area contributed by atoms with Crippen molar-refractivity contribution in [1.82, 2.24) is 20.4 Å². The van der Waals surface area contributed by atoms with Crippen LogP contribution in [0.3, 0.4) is 0 Å². The van der Waals surface area contributed by atoms with Crippen molar-refractivity contribution in [2.45, 2.75) is 25.9 Å². The summed E-state index contributed by atoms with van der Waals surface area (Å²) in [6.45, 7) is 10.6. The van der Waals surface area contributed by atoms with Gasteiger partial charge in [-0.2, -0.15) is 0 Å². The second kappa shape index (κ2) is 15.0. The smallest absolute Gasteiger partial charge is 0.191 e. The molecule has 0 radical (unpaired) electrons. The third-order valence-electron chi connectivity index (χ3n) is 6.16. The van der Waals surface area contributed by atoms with E-state index in [0.717, 1.165) is 78.1 Å². The minimum absolute atomic E-state index is 0. The maximum Gasteiger partial charge on any atom is 0.191 e. The number of halogens is 1. The zero-order valence-electron chi connectivity index (χ0n) is 19.1. The number of nitrogens with zero attached hydrogens (tertiary/aromatic N) is 3. The van der Waals surface area contributed by atoms with Crippen LogP contribution in [0.15, 0.2) is 29.3 Å². The Balaban J connectivity index is 0.00000341. The minimum atomic E-state index is 0. The third kappa shape index (κ3) is 9.21. The first-order chi connectivity index (χ1) is 14.8. The largest absolute Gasteiger partial charge is 0.383 e. The molecule has 1 aromatic carbocycles. The molecular formula is C23H40IN5O2. The minimum Gasteiger partial charge on any atom is -0.383 e. The SMILES string of the molecule is CN=C(NCc1ccccc1CN1CCOCC1)NCC1CCN(CCOC)CC1.I. The molecule has 1 aromatic rings. The van der Waals surface area contributed by atoms with Crippen LogP contribution in [0.1, 0.15) is 24.0 Å². The molecule has 2 fully saturated rings. The molecule has 0 aromatic heterocycles. The Morgan fingerprint density at radius 1 is 1.06 bits per heavy atom. The van der Waals surface area contributed by atoms with Crippen LogP contribution in [-0.2, 0) is 22.6 Å². The van der Waals surface area contributed by atoms with Crippen LogP contribution >= 0.6 is 24.0 Å². The van der Waals surface area contributed by atoms with Gasteiger partial charge in [-0.1, -0.05) is 24.3 Å². The van der Waals surface area contributed by atoms with Crippen LogP contribution in [-0.4, -0.2) is 89.0 Å². The van der Waals surface area contributed by atoms with E-state index in [0.29, 0.717) is 5.92 Å². The lowest BCUT2D eigenvalue weighted by molar-refractivity contribution is 0.0341. The Hall–Kier alpha value is -0.940. The summed E-state index contributed by atoms with van der Waals surface area (Å²) in [5.74, 6) is 1.59. The van der Waals surface area contributed by atoms with Gasteiger partial charge in [0, 0.05) is 53.4 Å². The lowest BCUT2D eigenvalue weighted by atomic mass is 9.97. The predicted molar refractivity (Wildman–Crippen MR) is 137 cm³/mol. The van der Waals surface area contributed by atoms with Gasteiger partial charge < -0.3 is 25.0 Å². The predicted octanol–water partition coefficient (Wildman–Crippen LogP) is 2.16. The van der Waals surface area contributed by atoms with E-state index in [9.17, 15) is 0 Å². The van der Waals surface area contributed by atoms with E-state index in [1.165, 1.54) is 24.0 Å². The fraction of sp³-hybridized carbons (Fsp3) is 0.696. The fourth-order valence-electron chi connectivity index (χ4n) is 4.16. The van der Waals surface area contributed by atoms with Gasteiger partial charge in [0.1, 0.15) is 0 Å². The second-order valence-corrected chi connectivity index (χ2v) is 8.24. The Morgan fingerprint density at radius 3 is 2.45 bits per heavy atom. The van der Waals surface area contributed by atoms with Crippen LogP contribution in [0, 0.1) is 5.92 Å². The van der Waals surface area contributed by atoms with Crippen LogP contribution in [0.2, 0.25) is 0 Å². The maximum absolute atomic E-state index is 5.47. The third-order valence-corrected chi connectivity index (χ3v) is 6.16. The molecule has 176 valence electrons. The Kier molecular flexibility index (Phi) is 12.7. The Bertz CT molecular complexity index is 647. The van der Waals surface area contributed by atoms with Crippen molar-refractivity contribution in [1.29, 1.82) is 0 Å². The van der Waals surface area contributed by atoms with Crippen molar-refractivity contribution in [2.75, 3.05) is 73.2 Å². The summed E-state index contributed by atoms with van der Waals surface area (Å²) >= 11 is 0. The molecule has 7 nitrogen and oxygen atoms in total. The van der Waals surface area contributed by atoms with Crippen LogP contribution < -0.4 is 10.6 Å². The van der Waals surface area contributed by atoms with Gasteiger partial charge >= 0.3 is 0 Å². The first kappa shape index (κ1) is 26.3. The summed E-state index contributed by atoms with van der Waals surface area (Å²) in [5, 5.41) is 7.05. The van der Waals surface area contributed by atoms with Crippen molar-refractivity contribution in [3.8, 4) is 0 Å². The average molecular weight is 546 g/mol. The van der Waals surface area contributed by atoms with Crippen LogP contribution in [0.5, 0.6) is 0 Å². The molecule has 2 saturated heterocycles. The van der Waals surface area contributed by atoms with Gasteiger partial charge in [0.25, 0.3) is 0 Å². The molecule has 0 amide bonds. The Labute approximate surface area is 205 Å². The molecule has 0 bridgehead atoms. The second-order valence-electron chi connectivity index (χ2n) is 8.24.